The van der Waals surface area contributed by atoms with Crippen molar-refractivity contribution in [3.8, 4) is 11.1 Å². The smallest absolute Gasteiger partial charge is 0.407 e. The number of carbonyl (C=O) groups is 4. The normalized spacial score (nSPS) is 12.4. The summed E-state index contributed by atoms with van der Waals surface area (Å²) in [6.45, 7) is 8.02. The highest BCUT2D eigenvalue weighted by molar-refractivity contribution is 5.99. The third-order valence-corrected chi connectivity index (χ3v) is 8.00. The van der Waals surface area contributed by atoms with Crippen molar-refractivity contribution < 1.29 is 33.4 Å². The van der Waals surface area contributed by atoms with E-state index in [1.807, 2.05) is 106 Å². The number of rotatable bonds is 18. The molecule has 0 heterocycles. The lowest BCUT2D eigenvalue weighted by molar-refractivity contribution is -0.129. The molecule has 4 rings (SSSR count). The van der Waals surface area contributed by atoms with E-state index in [2.05, 4.69) is 10.6 Å². The summed E-state index contributed by atoms with van der Waals surface area (Å²) in [6, 6.07) is 32.7. The van der Waals surface area contributed by atoms with Gasteiger partial charge in [-0.3, -0.25) is 14.4 Å². The van der Waals surface area contributed by atoms with Gasteiger partial charge in [-0.05, 0) is 74.9 Å². The highest BCUT2D eigenvalue weighted by atomic mass is 16.6. The summed E-state index contributed by atoms with van der Waals surface area (Å²) < 4.78 is 17.0. The summed E-state index contributed by atoms with van der Waals surface area (Å²) in [6.07, 6.45) is 0.607. The van der Waals surface area contributed by atoms with Crippen LogP contribution in [0.1, 0.15) is 78.8 Å². The second kappa shape index (κ2) is 19.3. The number of amides is 2. The number of ether oxygens (including phenoxy) is 3. The average molecular weight is 693 g/mol. The van der Waals surface area contributed by atoms with E-state index < -0.39 is 29.7 Å². The van der Waals surface area contributed by atoms with Crippen molar-refractivity contribution in [2.45, 2.75) is 77.9 Å². The lowest BCUT2D eigenvalue weighted by atomic mass is 9.99. The van der Waals surface area contributed by atoms with E-state index in [0.29, 0.717) is 43.5 Å². The first-order valence-corrected chi connectivity index (χ1v) is 17.3. The molecule has 4 aromatic carbocycles. The molecule has 9 heteroatoms. The van der Waals surface area contributed by atoms with E-state index in [1.54, 1.807) is 31.2 Å². The van der Waals surface area contributed by atoms with Crippen LogP contribution in [0.4, 0.5) is 4.79 Å². The fraction of sp³-hybridized carbons (Fsp3) is 0.333. The molecule has 0 bridgehead atoms. The van der Waals surface area contributed by atoms with E-state index in [0.717, 1.165) is 22.3 Å². The molecular formula is C42H48N2O7. The molecule has 0 saturated heterocycles. The van der Waals surface area contributed by atoms with Crippen LogP contribution in [0.3, 0.4) is 0 Å². The Morgan fingerprint density at radius 2 is 1.24 bits per heavy atom. The Labute approximate surface area is 300 Å². The first kappa shape index (κ1) is 38.7. The monoisotopic (exact) mass is 692 g/mol. The van der Waals surface area contributed by atoms with Crippen molar-refractivity contribution >= 4 is 23.6 Å². The van der Waals surface area contributed by atoms with Gasteiger partial charge in [0.1, 0.15) is 18.2 Å². The van der Waals surface area contributed by atoms with Crippen LogP contribution in [0.15, 0.2) is 109 Å². The lowest BCUT2D eigenvalue weighted by Gasteiger charge is -2.24. The molecule has 0 fully saturated rings. The van der Waals surface area contributed by atoms with E-state index in [-0.39, 0.29) is 24.8 Å². The predicted molar refractivity (Wildman–Crippen MR) is 197 cm³/mol. The van der Waals surface area contributed by atoms with Crippen LogP contribution >= 0.6 is 0 Å². The third-order valence-electron chi connectivity index (χ3n) is 8.00. The van der Waals surface area contributed by atoms with Gasteiger partial charge in [-0.15, -0.1) is 0 Å². The van der Waals surface area contributed by atoms with Crippen LogP contribution in [0.2, 0.25) is 0 Å². The van der Waals surface area contributed by atoms with E-state index in [4.69, 9.17) is 14.2 Å². The van der Waals surface area contributed by atoms with Crippen LogP contribution in [0.25, 0.3) is 11.1 Å². The van der Waals surface area contributed by atoms with Crippen LogP contribution in [0, 0.1) is 0 Å². The number of unbranched alkanes of at least 4 members (excludes halogenated alkanes) is 1. The Hall–Kier alpha value is -5.12. The molecule has 0 radical (unpaired) electrons. The van der Waals surface area contributed by atoms with Crippen molar-refractivity contribution in [1.29, 1.82) is 0 Å². The van der Waals surface area contributed by atoms with Gasteiger partial charge in [0.25, 0.3) is 5.91 Å². The summed E-state index contributed by atoms with van der Waals surface area (Å²) >= 11 is 0. The average Bonchev–Trinajstić information content (AvgIpc) is 3.12. The first-order valence-electron chi connectivity index (χ1n) is 17.3. The molecule has 0 unspecified atom stereocenters. The van der Waals surface area contributed by atoms with Gasteiger partial charge in [0.05, 0.1) is 19.3 Å². The van der Waals surface area contributed by atoms with Crippen LogP contribution in [0.5, 0.6) is 0 Å². The zero-order chi connectivity index (χ0) is 36.6. The summed E-state index contributed by atoms with van der Waals surface area (Å²) in [5.41, 5.74) is 4.13. The molecule has 0 aliphatic heterocycles. The zero-order valence-corrected chi connectivity index (χ0v) is 29.9. The summed E-state index contributed by atoms with van der Waals surface area (Å²) in [5, 5.41) is 5.59. The molecule has 0 aliphatic rings. The van der Waals surface area contributed by atoms with Crippen molar-refractivity contribution in [3.63, 3.8) is 0 Å². The van der Waals surface area contributed by atoms with Gasteiger partial charge in [-0.2, -0.15) is 0 Å². The number of hydrogen-bond acceptors (Lipinski definition) is 7. The van der Waals surface area contributed by atoms with Crippen molar-refractivity contribution in [1.82, 2.24) is 10.6 Å². The Balaban J connectivity index is 1.31. The number of nitrogens with one attached hydrogen (secondary N) is 2. The first-order chi connectivity index (χ1) is 24.5. The van der Waals surface area contributed by atoms with Gasteiger partial charge in [0.2, 0.25) is 0 Å². The molecule has 0 aromatic heterocycles. The quantitative estimate of drug-likeness (QED) is 0.0809. The molecule has 2 N–H and O–H groups in total. The maximum Gasteiger partial charge on any atom is 0.407 e. The van der Waals surface area contributed by atoms with E-state index in [1.165, 1.54) is 0 Å². The summed E-state index contributed by atoms with van der Waals surface area (Å²) in [4.78, 5) is 51.2. The molecular weight excluding hydrogens is 644 g/mol. The number of hydrogen-bond donors (Lipinski definition) is 2. The molecule has 51 heavy (non-hydrogen) atoms. The maximum atomic E-state index is 13.4. The Kier molecular flexibility index (Phi) is 14.7. The molecule has 2 atom stereocenters. The van der Waals surface area contributed by atoms with Crippen LogP contribution in [-0.4, -0.2) is 54.5 Å². The standard InChI is InChI=1S/C42H48N2O7/c1-30(50-28-32-15-9-6-10-16-32)39(38(46)29-49-27-31-13-7-5-8-14-31)44-40(47)36-24-20-34(21-25-36)33-18-22-35(23-19-33)37(45)17-11-12-26-43-41(48)51-42(2,3)4/h5-10,13-16,18-25,30,39H,11-12,17,26-29H2,1-4H3,(H,43,48)(H,44,47)/t30-,39+/m1/s1. The van der Waals surface area contributed by atoms with Crippen molar-refractivity contribution in [2.75, 3.05) is 13.2 Å². The fourth-order valence-electron chi connectivity index (χ4n) is 5.24. The second-order valence-electron chi connectivity index (χ2n) is 13.4. The van der Waals surface area contributed by atoms with Gasteiger partial charge in [0, 0.05) is 24.1 Å². The van der Waals surface area contributed by atoms with Crippen molar-refractivity contribution in [2.24, 2.45) is 0 Å². The number of alkyl carbamates (subject to hydrolysis) is 1. The van der Waals surface area contributed by atoms with Gasteiger partial charge >= 0.3 is 6.09 Å². The highest BCUT2D eigenvalue weighted by Gasteiger charge is 2.28. The molecule has 0 spiro atoms. The maximum absolute atomic E-state index is 13.4. The minimum atomic E-state index is -0.928. The Morgan fingerprint density at radius 1 is 0.686 bits per heavy atom. The predicted octanol–water partition coefficient (Wildman–Crippen LogP) is 7.72. The highest BCUT2D eigenvalue weighted by Crippen LogP contribution is 2.22. The van der Waals surface area contributed by atoms with E-state index >= 15 is 0 Å². The molecule has 268 valence electrons. The molecule has 2 amide bonds. The molecule has 0 saturated carbocycles. The number of carbonyl (C=O) groups excluding carboxylic acids is 4. The minimum absolute atomic E-state index is 0.0300. The number of benzene rings is 4. The second-order valence-corrected chi connectivity index (χ2v) is 13.4. The zero-order valence-electron chi connectivity index (χ0n) is 29.9. The molecule has 4 aromatic rings. The fourth-order valence-corrected chi connectivity index (χ4v) is 5.24. The Bertz CT molecular complexity index is 1700. The van der Waals surface area contributed by atoms with E-state index in [9.17, 15) is 19.2 Å². The molecule has 9 nitrogen and oxygen atoms in total. The van der Waals surface area contributed by atoms with Gasteiger partial charge in [0.15, 0.2) is 11.6 Å². The van der Waals surface area contributed by atoms with Gasteiger partial charge in [-0.1, -0.05) is 97.1 Å². The Morgan fingerprint density at radius 3 is 1.80 bits per heavy atom. The largest absolute Gasteiger partial charge is 0.444 e. The van der Waals surface area contributed by atoms with Gasteiger partial charge < -0.3 is 24.8 Å². The number of Topliss-reactive ketones (excluding diaryl/α,β-unsaturated/α-hetero) is 2. The molecule has 0 aliphatic carbocycles. The van der Waals surface area contributed by atoms with Crippen LogP contribution in [-0.2, 0) is 32.2 Å². The SMILES string of the molecule is C[C@@H](OCc1ccccc1)[C@H](NC(=O)c1ccc(-c2ccc(C(=O)CCCCNC(=O)OC(C)(C)C)cc2)cc1)C(=O)COCc1ccccc1. The van der Waals surface area contributed by atoms with Crippen molar-refractivity contribution in [3.05, 3.63) is 131 Å². The minimum Gasteiger partial charge on any atom is -0.444 e. The van der Waals surface area contributed by atoms with Gasteiger partial charge in [-0.25, -0.2) is 4.79 Å². The summed E-state index contributed by atoms with van der Waals surface area (Å²) in [7, 11) is 0. The van der Waals surface area contributed by atoms with Crippen LogP contribution < -0.4 is 10.6 Å². The third kappa shape index (κ3) is 13.3. The summed E-state index contributed by atoms with van der Waals surface area (Å²) in [5.74, 6) is -0.661. The number of ketones is 2. The topological polar surface area (TPSA) is 120 Å². The lowest BCUT2D eigenvalue weighted by Crippen LogP contribution is -2.50.